The summed E-state index contributed by atoms with van der Waals surface area (Å²) >= 11 is 0. The molecule has 1 saturated heterocycles. The molecule has 0 aromatic carbocycles. The Morgan fingerprint density at radius 3 is 2.78 bits per heavy atom. The smallest absolute Gasteiger partial charge is 0.271 e. The number of β-amino-alcohol motifs (C(OH)–C–C–N with tert-alkyl or cyclic N) is 1. The van der Waals surface area contributed by atoms with Gasteiger partial charge in [-0.1, -0.05) is 6.42 Å². The number of amides is 1. The van der Waals surface area contributed by atoms with E-state index in [1.165, 1.54) is 37.9 Å². The van der Waals surface area contributed by atoms with E-state index in [0.717, 1.165) is 11.4 Å². The summed E-state index contributed by atoms with van der Waals surface area (Å²) in [5, 5.41) is 13.4. The highest BCUT2D eigenvalue weighted by Gasteiger charge is 2.31. The molecular formula is C19H24N6O2. The number of aromatic nitrogens is 4. The van der Waals surface area contributed by atoms with Crippen molar-refractivity contribution in [3.63, 3.8) is 0 Å². The van der Waals surface area contributed by atoms with Crippen molar-refractivity contribution in [1.29, 1.82) is 0 Å². The number of piperidine rings is 1. The minimum absolute atomic E-state index is 0.249. The van der Waals surface area contributed by atoms with Crippen LogP contribution >= 0.6 is 0 Å². The number of hydrogen-bond acceptors (Lipinski definition) is 7. The topological polar surface area (TPSA) is 104 Å². The first kappa shape index (κ1) is 17.8. The summed E-state index contributed by atoms with van der Waals surface area (Å²) in [5.74, 6) is 0.897. The number of carbonyl (C=O) groups excluding carboxylic acids is 1. The van der Waals surface area contributed by atoms with Crippen LogP contribution in [0.15, 0.2) is 24.7 Å². The van der Waals surface area contributed by atoms with Gasteiger partial charge in [0.2, 0.25) is 5.95 Å². The highest BCUT2D eigenvalue weighted by Crippen LogP contribution is 2.36. The largest absolute Gasteiger partial charge is 0.389 e. The van der Waals surface area contributed by atoms with Gasteiger partial charge in [-0.2, -0.15) is 0 Å². The normalized spacial score (nSPS) is 23.0. The van der Waals surface area contributed by atoms with Gasteiger partial charge in [-0.3, -0.25) is 9.78 Å². The molecule has 8 nitrogen and oxygen atoms in total. The number of hydrogen-bond donors (Lipinski definition) is 2. The first-order valence-corrected chi connectivity index (χ1v) is 9.45. The average Bonchev–Trinajstić information content (AvgIpc) is 2.62. The zero-order valence-corrected chi connectivity index (χ0v) is 15.4. The lowest BCUT2D eigenvalue weighted by atomic mass is 9.82. The van der Waals surface area contributed by atoms with Crippen LogP contribution in [0.1, 0.15) is 53.5 Å². The van der Waals surface area contributed by atoms with Crippen molar-refractivity contribution in [2.75, 3.05) is 18.0 Å². The SMILES string of the molecule is Cc1cc(C2CCC2)nc(N2CC[C@@H](NC(=O)c3cnccn3)[C@H](O)C2)n1. The summed E-state index contributed by atoms with van der Waals surface area (Å²) in [5.41, 5.74) is 2.31. The maximum Gasteiger partial charge on any atom is 0.271 e. The van der Waals surface area contributed by atoms with Gasteiger partial charge in [-0.25, -0.2) is 15.0 Å². The van der Waals surface area contributed by atoms with Crippen molar-refractivity contribution in [3.05, 3.63) is 41.7 Å². The number of anilines is 1. The number of aliphatic hydroxyl groups excluding tert-OH is 1. The number of nitrogens with one attached hydrogen (secondary N) is 1. The Bertz CT molecular complexity index is 811. The highest BCUT2D eigenvalue weighted by atomic mass is 16.3. The number of rotatable bonds is 4. The monoisotopic (exact) mass is 368 g/mol. The van der Waals surface area contributed by atoms with Gasteiger partial charge < -0.3 is 15.3 Å². The number of aryl methyl sites for hydroxylation is 1. The molecule has 27 heavy (non-hydrogen) atoms. The molecule has 1 aliphatic heterocycles. The molecule has 8 heteroatoms. The lowest BCUT2D eigenvalue weighted by Gasteiger charge is -2.36. The van der Waals surface area contributed by atoms with Crippen molar-refractivity contribution in [2.24, 2.45) is 0 Å². The average molecular weight is 368 g/mol. The molecule has 2 aliphatic rings. The van der Waals surface area contributed by atoms with E-state index < -0.39 is 6.10 Å². The fourth-order valence-electron chi connectivity index (χ4n) is 3.57. The van der Waals surface area contributed by atoms with Crippen molar-refractivity contribution >= 4 is 11.9 Å². The highest BCUT2D eigenvalue weighted by molar-refractivity contribution is 5.92. The number of aliphatic hydroxyl groups is 1. The summed E-state index contributed by atoms with van der Waals surface area (Å²) in [4.78, 5) is 31.5. The third kappa shape index (κ3) is 3.90. The summed E-state index contributed by atoms with van der Waals surface area (Å²) in [6, 6.07) is 1.74. The summed E-state index contributed by atoms with van der Waals surface area (Å²) < 4.78 is 0. The molecule has 0 spiro atoms. The molecule has 2 aromatic heterocycles. The van der Waals surface area contributed by atoms with E-state index >= 15 is 0 Å². The van der Waals surface area contributed by atoms with Gasteiger partial charge in [-0.15, -0.1) is 0 Å². The van der Waals surface area contributed by atoms with E-state index in [-0.39, 0.29) is 17.6 Å². The molecule has 2 aromatic rings. The van der Waals surface area contributed by atoms with Gasteiger partial charge in [0.15, 0.2) is 0 Å². The van der Waals surface area contributed by atoms with Crippen LogP contribution < -0.4 is 10.2 Å². The molecule has 0 radical (unpaired) electrons. The van der Waals surface area contributed by atoms with Gasteiger partial charge in [-0.05, 0) is 32.3 Å². The Kier molecular flexibility index (Phi) is 4.98. The molecular weight excluding hydrogens is 344 g/mol. The van der Waals surface area contributed by atoms with Crippen LogP contribution in [0.4, 0.5) is 5.95 Å². The summed E-state index contributed by atoms with van der Waals surface area (Å²) in [6.45, 7) is 3.05. The lowest BCUT2D eigenvalue weighted by Crippen LogP contribution is -2.54. The van der Waals surface area contributed by atoms with Crippen LogP contribution in [0.2, 0.25) is 0 Å². The van der Waals surface area contributed by atoms with Crippen LogP contribution in [-0.4, -0.2) is 56.2 Å². The van der Waals surface area contributed by atoms with Gasteiger partial charge in [0.25, 0.3) is 5.91 Å². The van der Waals surface area contributed by atoms with Gasteiger partial charge in [0.1, 0.15) is 5.69 Å². The minimum atomic E-state index is -0.698. The fraction of sp³-hybridized carbons (Fsp3) is 0.526. The van der Waals surface area contributed by atoms with Crippen LogP contribution in [0.5, 0.6) is 0 Å². The molecule has 2 fully saturated rings. The lowest BCUT2D eigenvalue weighted by molar-refractivity contribution is 0.0792. The van der Waals surface area contributed by atoms with E-state index in [9.17, 15) is 9.90 Å². The Morgan fingerprint density at radius 2 is 2.11 bits per heavy atom. The van der Waals surface area contributed by atoms with E-state index in [1.54, 1.807) is 0 Å². The van der Waals surface area contributed by atoms with Crippen molar-refractivity contribution in [2.45, 2.75) is 50.7 Å². The van der Waals surface area contributed by atoms with Crippen molar-refractivity contribution in [3.8, 4) is 0 Å². The number of nitrogens with zero attached hydrogens (tertiary/aromatic N) is 5. The second-order valence-electron chi connectivity index (χ2n) is 7.33. The van der Waals surface area contributed by atoms with E-state index in [0.29, 0.717) is 31.4 Å². The minimum Gasteiger partial charge on any atom is -0.389 e. The van der Waals surface area contributed by atoms with E-state index in [4.69, 9.17) is 4.98 Å². The standard InChI is InChI=1S/C19H24N6O2/c1-12-9-15(13-3-2-4-13)24-19(22-12)25-8-5-14(17(26)11-25)23-18(27)16-10-20-6-7-21-16/h6-7,9-10,13-14,17,26H,2-5,8,11H2,1H3,(H,23,27)/t14-,17-/m1/s1. The maximum absolute atomic E-state index is 12.3. The van der Waals surface area contributed by atoms with Gasteiger partial charge in [0.05, 0.1) is 18.3 Å². The first-order valence-electron chi connectivity index (χ1n) is 9.45. The third-order valence-corrected chi connectivity index (χ3v) is 5.36. The van der Waals surface area contributed by atoms with Crippen LogP contribution in [0, 0.1) is 6.92 Å². The predicted octanol–water partition coefficient (Wildman–Crippen LogP) is 1.21. The third-order valence-electron chi connectivity index (χ3n) is 5.36. The fourth-order valence-corrected chi connectivity index (χ4v) is 3.57. The number of carbonyl (C=O) groups is 1. The molecule has 3 heterocycles. The molecule has 1 aliphatic carbocycles. The molecule has 0 bridgehead atoms. The quantitative estimate of drug-likeness (QED) is 0.836. The van der Waals surface area contributed by atoms with Gasteiger partial charge in [0, 0.05) is 42.8 Å². The summed E-state index contributed by atoms with van der Waals surface area (Å²) in [7, 11) is 0. The summed E-state index contributed by atoms with van der Waals surface area (Å²) in [6.07, 6.45) is 7.97. The van der Waals surface area contributed by atoms with E-state index in [2.05, 4.69) is 26.3 Å². The maximum atomic E-state index is 12.3. The Labute approximate surface area is 158 Å². The molecule has 2 atom stereocenters. The molecule has 1 amide bonds. The zero-order valence-electron chi connectivity index (χ0n) is 15.4. The second-order valence-corrected chi connectivity index (χ2v) is 7.33. The predicted molar refractivity (Wildman–Crippen MR) is 99.5 cm³/mol. The van der Waals surface area contributed by atoms with Crippen LogP contribution in [-0.2, 0) is 0 Å². The molecule has 2 N–H and O–H groups in total. The van der Waals surface area contributed by atoms with Crippen molar-refractivity contribution in [1.82, 2.24) is 25.3 Å². The second kappa shape index (κ2) is 7.56. The Balaban J connectivity index is 1.41. The molecule has 0 unspecified atom stereocenters. The first-order chi connectivity index (χ1) is 13.1. The molecule has 1 saturated carbocycles. The Hall–Kier alpha value is -2.61. The van der Waals surface area contributed by atoms with Crippen LogP contribution in [0.3, 0.4) is 0 Å². The molecule has 142 valence electrons. The van der Waals surface area contributed by atoms with Crippen molar-refractivity contribution < 1.29 is 9.90 Å². The van der Waals surface area contributed by atoms with Crippen LogP contribution in [0.25, 0.3) is 0 Å². The van der Waals surface area contributed by atoms with Gasteiger partial charge >= 0.3 is 0 Å². The zero-order chi connectivity index (χ0) is 18.8. The van der Waals surface area contributed by atoms with E-state index in [1.807, 2.05) is 11.8 Å². The molecule has 4 rings (SSSR count). The Morgan fingerprint density at radius 1 is 1.26 bits per heavy atom.